The highest BCUT2D eigenvalue weighted by atomic mass is 19.4. The van der Waals surface area contributed by atoms with Crippen LogP contribution in [-0.2, 0) is 4.79 Å². The maximum absolute atomic E-state index is 13.4. The summed E-state index contributed by atoms with van der Waals surface area (Å²) < 4.78 is 41.6. The molecule has 0 aliphatic carbocycles. The molecule has 4 rings (SSSR count). The molecule has 0 aliphatic rings. The van der Waals surface area contributed by atoms with Crippen LogP contribution < -0.4 is 5.32 Å². The Morgan fingerprint density at radius 2 is 1.82 bits per heavy atom. The van der Waals surface area contributed by atoms with Crippen LogP contribution in [0.1, 0.15) is 41.0 Å². The molecule has 2 N–H and O–H groups in total. The van der Waals surface area contributed by atoms with Crippen LogP contribution in [0.25, 0.3) is 28.6 Å². The normalized spacial score (nSPS) is 12.8. The Kier molecular flexibility index (Phi) is 7.99. The molecule has 4 aromatic rings. The number of nitrogens with zero attached hydrogens (tertiary/aromatic N) is 3. The van der Waals surface area contributed by atoms with Gasteiger partial charge in [-0.15, -0.1) is 0 Å². The van der Waals surface area contributed by atoms with Crippen LogP contribution in [0.5, 0.6) is 0 Å². The summed E-state index contributed by atoms with van der Waals surface area (Å²) in [5.41, 5.74) is 3.26. The highest BCUT2D eigenvalue weighted by molar-refractivity contribution is 6.05. The van der Waals surface area contributed by atoms with Crippen molar-refractivity contribution in [1.29, 1.82) is 0 Å². The molecule has 0 saturated carbocycles. The summed E-state index contributed by atoms with van der Waals surface area (Å²) in [5.74, 6) is -1.47. The molecule has 1 amide bonds. The fraction of sp³-hybridized carbons (Fsp3) is 0.133. The maximum Gasteiger partial charge on any atom is 0.413 e. The van der Waals surface area contributed by atoms with E-state index in [-0.39, 0.29) is 17.2 Å². The van der Waals surface area contributed by atoms with Crippen molar-refractivity contribution >= 4 is 34.9 Å². The minimum Gasteiger partial charge on any atom is -0.478 e. The Morgan fingerprint density at radius 3 is 2.52 bits per heavy atom. The average Bonchev–Trinajstić information content (AvgIpc) is 3.34. The molecule has 0 saturated heterocycles. The Labute approximate surface area is 228 Å². The molecule has 0 spiro atoms. The van der Waals surface area contributed by atoms with Gasteiger partial charge < -0.3 is 10.4 Å². The molecular weight excluding hydrogens is 521 g/mol. The van der Waals surface area contributed by atoms with Gasteiger partial charge in [0.15, 0.2) is 5.65 Å². The lowest BCUT2D eigenvalue weighted by Crippen LogP contribution is -2.13. The Balaban J connectivity index is 1.64. The van der Waals surface area contributed by atoms with E-state index >= 15 is 0 Å². The Bertz CT molecular complexity index is 1700. The van der Waals surface area contributed by atoms with E-state index in [0.717, 1.165) is 18.6 Å². The third-order valence-corrected chi connectivity index (χ3v) is 6.11. The minimum absolute atomic E-state index is 0.0324. The third-order valence-electron chi connectivity index (χ3n) is 6.11. The largest absolute Gasteiger partial charge is 0.478 e. The second-order valence-corrected chi connectivity index (χ2v) is 8.96. The van der Waals surface area contributed by atoms with Crippen LogP contribution >= 0.6 is 0 Å². The van der Waals surface area contributed by atoms with Gasteiger partial charge in [-0.2, -0.15) is 18.3 Å². The maximum atomic E-state index is 13.4. The molecule has 7 nitrogen and oxygen atoms in total. The van der Waals surface area contributed by atoms with Crippen molar-refractivity contribution in [2.24, 2.45) is 0 Å². The molecule has 0 atom stereocenters. The van der Waals surface area contributed by atoms with Gasteiger partial charge in [-0.1, -0.05) is 36.4 Å². The van der Waals surface area contributed by atoms with E-state index in [4.69, 9.17) is 5.11 Å². The minimum atomic E-state index is -4.50. The van der Waals surface area contributed by atoms with Crippen molar-refractivity contribution in [1.82, 2.24) is 14.6 Å². The molecule has 0 bridgehead atoms. The molecule has 0 aliphatic heterocycles. The topological polar surface area (TPSA) is 96.6 Å². The number of halogens is 3. The zero-order chi connectivity index (χ0) is 29.0. The van der Waals surface area contributed by atoms with Crippen molar-refractivity contribution in [2.75, 3.05) is 5.32 Å². The van der Waals surface area contributed by atoms with Crippen molar-refractivity contribution in [3.8, 4) is 11.3 Å². The zero-order valence-corrected chi connectivity index (χ0v) is 21.8. The number of aliphatic carboxylic acids is 1. The van der Waals surface area contributed by atoms with Crippen molar-refractivity contribution in [2.45, 2.75) is 26.9 Å². The third kappa shape index (κ3) is 6.35. The van der Waals surface area contributed by atoms with E-state index in [9.17, 15) is 22.8 Å². The summed E-state index contributed by atoms with van der Waals surface area (Å²) in [6, 6.07) is 15.0. The number of nitrogens with one attached hydrogen (secondary N) is 1. The van der Waals surface area contributed by atoms with Crippen LogP contribution in [0.2, 0.25) is 0 Å². The standard InChI is InChI=1S/C30H25F3N4O3/c1-4-6-23(19(3)30(31,32)33)24-12-13-27-34-26(17-37(27)36-24)21-11-9-18(2)25(16-21)35-29(40)22-8-5-7-20(15-22)10-14-28(38)39/h4-17H,1-3H3,(H,35,40)(H,38,39)/b6-4-,14-10+,23-19-. The summed E-state index contributed by atoms with van der Waals surface area (Å²) in [6.07, 6.45) is 2.42. The number of imidazole rings is 1. The molecule has 10 heteroatoms. The number of anilines is 1. The molecule has 204 valence electrons. The number of carboxylic acids is 1. The number of hydrogen-bond donors (Lipinski definition) is 2. The Morgan fingerprint density at radius 1 is 1.05 bits per heavy atom. The molecule has 2 aromatic heterocycles. The van der Waals surface area contributed by atoms with Crippen LogP contribution in [0.4, 0.5) is 18.9 Å². The molecule has 0 fully saturated rings. The van der Waals surface area contributed by atoms with Crippen LogP contribution in [-0.4, -0.2) is 37.8 Å². The van der Waals surface area contributed by atoms with Crippen molar-refractivity contribution in [3.63, 3.8) is 0 Å². The molecule has 0 radical (unpaired) electrons. The van der Waals surface area contributed by atoms with Gasteiger partial charge in [-0.05, 0) is 68.3 Å². The fourth-order valence-corrected chi connectivity index (χ4v) is 3.95. The molecular formula is C30H25F3N4O3. The summed E-state index contributed by atoms with van der Waals surface area (Å²) in [4.78, 5) is 28.3. The highest BCUT2D eigenvalue weighted by Crippen LogP contribution is 2.32. The number of carbonyl (C=O) groups is 2. The number of alkyl halides is 3. The lowest BCUT2D eigenvalue weighted by molar-refractivity contribution is -0.131. The van der Waals surface area contributed by atoms with Gasteiger partial charge >= 0.3 is 12.1 Å². The van der Waals surface area contributed by atoms with E-state index in [1.807, 2.05) is 19.1 Å². The SMILES string of the molecule is C/C=C\C(=C(/C)C(F)(F)F)c1ccc2nc(-c3ccc(C)c(NC(=O)c4cccc(/C=C/C(=O)O)c4)c3)cn2n1. The summed E-state index contributed by atoms with van der Waals surface area (Å²) >= 11 is 0. The second kappa shape index (κ2) is 11.4. The molecule has 40 heavy (non-hydrogen) atoms. The summed E-state index contributed by atoms with van der Waals surface area (Å²) in [7, 11) is 0. The second-order valence-electron chi connectivity index (χ2n) is 8.96. The lowest BCUT2D eigenvalue weighted by atomic mass is 10.0. The molecule has 2 heterocycles. The molecule has 0 unspecified atom stereocenters. The number of benzene rings is 2. The smallest absolute Gasteiger partial charge is 0.413 e. The van der Waals surface area contributed by atoms with E-state index in [1.54, 1.807) is 49.5 Å². The fourth-order valence-electron chi connectivity index (χ4n) is 3.95. The first-order valence-corrected chi connectivity index (χ1v) is 12.2. The quantitative estimate of drug-likeness (QED) is 0.193. The first kappa shape index (κ1) is 28.0. The van der Waals surface area contributed by atoms with E-state index < -0.39 is 17.7 Å². The first-order chi connectivity index (χ1) is 19.0. The van der Waals surface area contributed by atoms with E-state index in [0.29, 0.717) is 33.7 Å². The van der Waals surface area contributed by atoms with Gasteiger partial charge in [-0.25, -0.2) is 14.3 Å². The summed E-state index contributed by atoms with van der Waals surface area (Å²) in [5, 5.41) is 16.1. The number of carbonyl (C=O) groups excluding carboxylic acids is 1. The number of amides is 1. The lowest BCUT2D eigenvalue weighted by Gasteiger charge is -2.11. The van der Waals surface area contributed by atoms with Crippen LogP contribution in [0, 0.1) is 6.92 Å². The summed E-state index contributed by atoms with van der Waals surface area (Å²) in [6.45, 7) is 4.49. The number of fused-ring (bicyclic) bond motifs is 1. The van der Waals surface area contributed by atoms with Gasteiger partial charge in [0, 0.05) is 34.0 Å². The van der Waals surface area contributed by atoms with Gasteiger partial charge in [0.2, 0.25) is 0 Å². The van der Waals surface area contributed by atoms with E-state index in [2.05, 4.69) is 15.4 Å². The number of aryl methyl sites for hydroxylation is 1. The highest BCUT2D eigenvalue weighted by Gasteiger charge is 2.33. The monoisotopic (exact) mass is 546 g/mol. The number of aromatic nitrogens is 3. The predicted molar refractivity (Wildman–Crippen MR) is 148 cm³/mol. The van der Waals surface area contributed by atoms with Gasteiger partial charge in [0.25, 0.3) is 5.91 Å². The predicted octanol–water partition coefficient (Wildman–Crippen LogP) is 6.97. The Hall–Kier alpha value is -4.99. The first-order valence-electron chi connectivity index (χ1n) is 12.2. The van der Waals surface area contributed by atoms with Gasteiger partial charge in [0.05, 0.1) is 17.6 Å². The number of hydrogen-bond acceptors (Lipinski definition) is 4. The van der Waals surface area contributed by atoms with Gasteiger partial charge in [0.1, 0.15) is 0 Å². The number of carboxylic acid groups (broad SMARTS) is 1. The zero-order valence-electron chi connectivity index (χ0n) is 21.8. The molecule has 2 aromatic carbocycles. The van der Waals surface area contributed by atoms with Gasteiger partial charge in [-0.3, -0.25) is 4.79 Å². The van der Waals surface area contributed by atoms with Crippen LogP contribution in [0.15, 0.2) is 84.6 Å². The van der Waals surface area contributed by atoms with E-state index in [1.165, 1.54) is 28.8 Å². The van der Waals surface area contributed by atoms with Crippen molar-refractivity contribution in [3.05, 3.63) is 107 Å². The number of rotatable bonds is 7. The average molecular weight is 547 g/mol. The van der Waals surface area contributed by atoms with Crippen molar-refractivity contribution < 1.29 is 27.9 Å². The number of allylic oxidation sites excluding steroid dienone is 4. The van der Waals surface area contributed by atoms with Crippen LogP contribution in [0.3, 0.4) is 0 Å².